The first-order chi connectivity index (χ1) is 10.6. The first-order valence-electron chi connectivity index (χ1n) is 8.00. The van der Waals surface area contributed by atoms with Crippen molar-refractivity contribution in [3.05, 3.63) is 29.8 Å². The van der Waals surface area contributed by atoms with Crippen molar-refractivity contribution in [2.45, 2.75) is 26.4 Å². The Morgan fingerprint density at radius 2 is 1.95 bits per heavy atom. The summed E-state index contributed by atoms with van der Waals surface area (Å²) < 4.78 is 11.0. The Morgan fingerprint density at radius 1 is 1.27 bits per heavy atom. The number of morpholine rings is 1. The van der Waals surface area contributed by atoms with Crippen LogP contribution in [0, 0.1) is 0 Å². The van der Waals surface area contributed by atoms with Crippen LogP contribution < -0.4 is 10.1 Å². The third-order valence-electron chi connectivity index (χ3n) is 3.53. The lowest BCUT2D eigenvalue weighted by Crippen LogP contribution is -2.38. The zero-order valence-electron chi connectivity index (χ0n) is 13.5. The number of hydrogen-bond acceptors (Lipinski definition) is 4. The van der Waals surface area contributed by atoms with Crippen LogP contribution in [-0.4, -0.2) is 55.4 Å². The highest BCUT2D eigenvalue weighted by Gasteiger charge is 2.09. The molecule has 22 heavy (non-hydrogen) atoms. The van der Waals surface area contributed by atoms with E-state index in [1.54, 1.807) is 0 Å². The van der Waals surface area contributed by atoms with Crippen LogP contribution in [0.1, 0.15) is 25.8 Å². The fraction of sp³-hybridized carbons (Fsp3) is 0.588. The van der Waals surface area contributed by atoms with Gasteiger partial charge >= 0.3 is 0 Å². The van der Waals surface area contributed by atoms with Gasteiger partial charge in [0.2, 0.25) is 0 Å². The zero-order valence-corrected chi connectivity index (χ0v) is 14.3. The van der Waals surface area contributed by atoms with Gasteiger partial charge < -0.3 is 14.8 Å². The predicted molar refractivity (Wildman–Crippen MR) is 93.8 cm³/mol. The maximum atomic E-state index is 5.64. The summed E-state index contributed by atoms with van der Waals surface area (Å²) in [4.78, 5) is 3.24. The van der Waals surface area contributed by atoms with Gasteiger partial charge in [-0.25, -0.2) is 0 Å². The van der Waals surface area contributed by atoms with Gasteiger partial charge in [-0.05, 0) is 51.1 Å². The minimum Gasteiger partial charge on any atom is -0.491 e. The molecule has 0 atom stereocenters. The minimum atomic E-state index is 0.191. The average Bonchev–Trinajstić information content (AvgIpc) is 2.52. The van der Waals surface area contributed by atoms with Gasteiger partial charge in [-0.15, -0.1) is 0 Å². The van der Waals surface area contributed by atoms with Crippen molar-refractivity contribution in [2.75, 3.05) is 39.4 Å². The molecule has 0 saturated carbocycles. The predicted octanol–water partition coefficient (Wildman–Crippen LogP) is 2.46. The molecular formula is C17H26N2O2S. The quantitative estimate of drug-likeness (QED) is 0.616. The van der Waals surface area contributed by atoms with Gasteiger partial charge in [-0.3, -0.25) is 4.90 Å². The summed E-state index contributed by atoms with van der Waals surface area (Å²) in [6.45, 7) is 9.85. The summed E-state index contributed by atoms with van der Waals surface area (Å²) >= 11 is 5.44. The molecule has 1 aromatic carbocycles. The normalized spacial score (nSPS) is 15.8. The first kappa shape index (κ1) is 17.2. The molecule has 0 radical (unpaired) electrons. The van der Waals surface area contributed by atoms with E-state index in [-0.39, 0.29) is 6.10 Å². The monoisotopic (exact) mass is 322 g/mol. The maximum Gasteiger partial charge on any atom is 0.119 e. The summed E-state index contributed by atoms with van der Waals surface area (Å²) in [5, 5.41) is 3.33. The number of hydrogen-bond donors (Lipinski definition) is 1. The summed E-state index contributed by atoms with van der Waals surface area (Å²) in [5.41, 5.74) is 1.04. The van der Waals surface area contributed by atoms with E-state index in [0.717, 1.165) is 62.1 Å². The van der Waals surface area contributed by atoms with Crippen LogP contribution in [0.5, 0.6) is 5.75 Å². The molecule has 0 aromatic heterocycles. The molecule has 0 amide bonds. The number of benzene rings is 1. The minimum absolute atomic E-state index is 0.191. The number of nitrogens with zero attached hydrogens (tertiary/aromatic N) is 1. The summed E-state index contributed by atoms with van der Waals surface area (Å²) in [7, 11) is 0. The van der Waals surface area contributed by atoms with Crippen molar-refractivity contribution in [2.24, 2.45) is 0 Å². The second-order valence-corrected chi connectivity index (χ2v) is 6.16. The van der Waals surface area contributed by atoms with Crippen LogP contribution in [0.25, 0.3) is 0 Å². The highest BCUT2D eigenvalue weighted by atomic mass is 32.1. The van der Waals surface area contributed by atoms with E-state index in [4.69, 9.17) is 21.7 Å². The molecule has 5 heteroatoms. The fourth-order valence-electron chi connectivity index (χ4n) is 2.39. The van der Waals surface area contributed by atoms with E-state index >= 15 is 0 Å². The third-order valence-corrected chi connectivity index (χ3v) is 3.91. The lowest BCUT2D eigenvalue weighted by Gasteiger charge is -2.26. The molecule has 0 unspecified atom stereocenters. The molecule has 1 aliphatic rings. The van der Waals surface area contributed by atoms with E-state index in [2.05, 4.69) is 10.2 Å². The molecule has 1 aliphatic heterocycles. The van der Waals surface area contributed by atoms with Crippen LogP contribution >= 0.6 is 12.2 Å². The molecule has 2 rings (SSSR count). The van der Waals surface area contributed by atoms with E-state index in [1.165, 1.54) is 0 Å². The topological polar surface area (TPSA) is 33.7 Å². The molecule has 122 valence electrons. The van der Waals surface area contributed by atoms with Crippen molar-refractivity contribution in [1.82, 2.24) is 10.2 Å². The second kappa shape index (κ2) is 9.08. The average molecular weight is 322 g/mol. The Balaban J connectivity index is 1.68. The Hall–Kier alpha value is -1.17. The van der Waals surface area contributed by atoms with Gasteiger partial charge in [0.15, 0.2) is 0 Å². The van der Waals surface area contributed by atoms with Gasteiger partial charge in [-0.2, -0.15) is 0 Å². The van der Waals surface area contributed by atoms with Gasteiger partial charge in [0, 0.05) is 25.2 Å². The summed E-state index contributed by atoms with van der Waals surface area (Å²) in [6.07, 6.45) is 1.28. The first-order valence-corrected chi connectivity index (χ1v) is 8.41. The fourth-order valence-corrected chi connectivity index (χ4v) is 2.63. The Kier molecular flexibility index (Phi) is 7.09. The number of nitrogens with one attached hydrogen (secondary N) is 1. The van der Waals surface area contributed by atoms with Crippen molar-refractivity contribution >= 4 is 17.2 Å². The Bertz CT molecular complexity index is 456. The zero-order chi connectivity index (χ0) is 15.8. The van der Waals surface area contributed by atoms with Crippen LogP contribution in [0.3, 0.4) is 0 Å². The maximum absolute atomic E-state index is 5.64. The number of thiocarbonyl (C=S) groups is 1. The Labute approximate surface area is 138 Å². The van der Waals surface area contributed by atoms with Crippen molar-refractivity contribution in [3.8, 4) is 5.75 Å². The molecule has 1 heterocycles. The van der Waals surface area contributed by atoms with E-state index < -0.39 is 0 Å². The summed E-state index contributed by atoms with van der Waals surface area (Å²) in [5.74, 6) is 0.883. The van der Waals surface area contributed by atoms with E-state index in [9.17, 15) is 0 Å². The number of rotatable bonds is 7. The molecule has 0 spiro atoms. The SMILES string of the molecule is CC(C)Oc1ccc(C(=S)NCCCN2CCOCC2)cc1. The van der Waals surface area contributed by atoms with Crippen molar-refractivity contribution in [3.63, 3.8) is 0 Å². The molecule has 0 aliphatic carbocycles. The Morgan fingerprint density at radius 3 is 2.59 bits per heavy atom. The van der Waals surface area contributed by atoms with Crippen LogP contribution in [-0.2, 0) is 4.74 Å². The molecule has 4 nitrogen and oxygen atoms in total. The molecule has 1 fully saturated rings. The third kappa shape index (κ3) is 5.91. The van der Waals surface area contributed by atoms with Crippen LogP contribution in [0.4, 0.5) is 0 Å². The van der Waals surface area contributed by atoms with Gasteiger partial charge in [0.1, 0.15) is 10.7 Å². The molecular weight excluding hydrogens is 296 g/mol. The molecule has 1 N–H and O–H groups in total. The smallest absolute Gasteiger partial charge is 0.119 e. The lowest BCUT2D eigenvalue weighted by atomic mass is 10.2. The second-order valence-electron chi connectivity index (χ2n) is 5.75. The van der Waals surface area contributed by atoms with Crippen molar-refractivity contribution < 1.29 is 9.47 Å². The number of ether oxygens (including phenoxy) is 2. The standard InChI is InChI=1S/C17H26N2O2S/c1-14(2)21-16-6-4-15(5-7-16)17(22)18-8-3-9-19-10-12-20-13-11-19/h4-7,14H,3,8-13H2,1-2H3,(H,18,22). The summed E-state index contributed by atoms with van der Waals surface area (Å²) in [6, 6.07) is 7.96. The molecule has 0 bridgehead atoms. The highest BCUT2D eigenvalue weighted by Crippen LogP contribution is 2.14. The van der Waals surface area contributed by atoms with Gasteiger partial charge in [-0.1, -0.05) is 12.2 Å². The van der Waals surface area contributed by atoms with E-state index in [1.807, 2.05) is 38.1 Å². The van der Waals surface area contributed by atoms with Crippen LogP contribution in [0.2, 0.25) is 0 Å². The molecule has 1 aromatic rings. The molecule has 1 saturated heterocycles. The van der Waals surface area contributed by atoms with Gasteiger partial charge in [0.25, 0.3) is 0 Å². The van der Waals surface area contributed by atoms with Crippen molar-refractivity contribution in [1.29, 1.82) is 0 Å². The van der Waals surface area contributed by atoms with Gasteiger partial charge in [0.05, 0.1) is 19.3 Å². The largest absolute Gasteiger partial charge is 0.491 e. The van der Waals surface area contributed by atoms with E-state index in [0.29, 0.717) is 0 Å². The highest BCUT2D eigenvalue weighted by molar-refractivity contribution is 7.80. The lowest BCUT2D eigenvalue weighted by molar-refractivity contribution is 0.0376. The van der Waals surface area contributed by atoms with Crippen LogP contribution in [0.15, 0.2) is 24.3 Å².